The van der Waals surface area contributed by atoms with E-state index in [9.17, 15) is 23.1 Å². The van der Waals surface area contributed by atoms with Gasteiger partial charge in [-0.1, -0.05) is 42.5 Å². The first kappa shape index (κ1) is 32.6. The van der Waals surface area contributed by atoms with E-state index in [-0.39, 0.29) is 17.5 Å². The number of carbonyl (C=O) groups excluding carboxylic acids is 1. The summed E-state index contributed by atoms with van der Waals surface area (Å²) in [6, 6.07) is 14.2. The number of aliphatic hydroxyl groups excluding tert-OH is 1. The van der Waals surface area contributed by atoms with E-state index in [1.807, 2.05) is 61.5 Å². The van der Waals surface area contributed by atoms with Crippen molar-refractivity contribution < 1.29 is 32.5 Å². The van der Waals surface area contributed by atoms with Gasteiger partial charge in [-0.05, 0) is 49.0 Å². The van der Waals surface area contributed by atoms with Gasteiger partial charge in [-0.25, -0.2) is 9.78 Å². The molecule has 2 aliphatic rings. The van der Waals surface area contributed by atoms with Crippen molar-refractivity contribution in [3.8, 4) is 0 Å². The number of nitrogens with one attached hydrogen (secondary N) is 1. The van der Waals surface area contributed by atoms with Crippen LogP contribution >= 0.6 is 0 Å². The third kappa shape index (κ3) is 6.22. The molecule has 49 heavy (non-hydrogen) atoms. The SMILES string of the molecule is CCn1nnc([C@H]2O[C@@H](n3cnc4c(NCc5cccc6ccccc56)nc(N5CC[C@@H](N(C)C)C5)nc43)[C@H](OC(=O)C(F)(F)F)[C@@H]2O)n1. The van der Waals surface area contributed by atoms with Gasteiger partial charge in [-0.2, -0.15) is 27.9 Å². The molecule has 18 heteroatoms. The quantitative estimate of drug-likeness (QED) is 0.219. The molecular weight excluding hydrogens is 647 g/mol. The van der Waals surface area contributed by atoms with Gasteiger partial charge in [0.25, 0.3) is 0 Å². The van der Waals surface area contributed by atoms with Crippen LogP contribution in [0.1, 0.15) is 37.1 Å². The molecule has 2 N–H and O–H groups in total. The summed E-state index contributed by atoms with van der Waals surface area (Å²) in [6.45, 7) is 3.79. The second-order valence-electron chi connectivity index (χ2n) is 12.2. The number of rotatable bonds is 9. The minimum Gasteiger partial charge on any atom is -0.448 e. The number of aryl methyl sites for hydroxylation is 1. The number of fused-ring (bicyclic) bond motifs is 2. The molecule has 0 unspecified atom stereocenters. The number of aromatic nitrogens is 8. The van der Waals surface area contributed by atoms with Crippen LogP contribution in [0.2, 0.25) is 0 Å². The summed E-state index contributed by atoms with van der Waals surface area (Å²) in [5.74, 6) is -1.83. The van der Waals surface area contributed by atoms with E-state index in [1.54, 1.807) is 6.92 Å². The summed E-state index contributed by atoms with van der Waals surface area (Å²) in [5.41, 5.74) is 1.50. The first-order valence-electron chi connectivity index (χ1n) is 15.8. The fourth-order valence-electron chi connectivity index (χ4n) is 6.23. The average Bonchev–Trinajstić information content (AvgIpc) is 3.90. The molecule has 2 saturated heterocycles. The number of imidazole rings is 1. The zero-order valence-corrected chi connectivity index (χ0v) is 26.8. The molecule has 0 bridgehead atoms. The largest absolute Gasteiger partial charge is 0.490 e. The van der Waals surface area contributed by atoms with Gasteiger partial charge < -0.3 is 29.7 Å². The van der Waals surface area contributed by atoms with Crippen molar-refractivity contribution in [2.75, 3.05) is 37.4 Å². The lowest BCUT2D eigenvalue weighted by Gasteiger charge is -2.23. The van der Waals surface area contributed by atoms with Gasteiger partial charge in [0.15, 0.2) is 35.4 Å². The number of alkyl halides is 3. The molecule has 0 saturated carbocycles. The lowest BCUT2D eigenvalue weighted by Crippen LogP contribution is -2.38. The Kier molecular flexibility index (Phi) is 8.53. The second-order valence-corrected chi connectivity index (χ2v) is 12.2. The van der Waals surface area contributed by atoms with Crippen molar-refractivity contribution in [1.29, 1.82) is 0 Å². The summed E-state index contributed by atoms with van der Waals surface area (Å²) in [4.78, 5) is 31.7. The Balaban J connectivity index is 1.30. The molecule has 2 aliphatic heterocycles. The van der Waals surface area contributed by atoms with E-state index >= 15 is 0 Å². The average molecular weight is 682 g/mol. The highest BCUT2D eigenvalue weighted by Gasteiger charge is 2.53. The summed E-state index contributed by atoms with van der Waals surface area (Å²) >= 11 is 0. The fraction of sp³-hybridized carbons (Fsp3) is 0.452. The Morgan fingerprint density at radius 1 is 1.16 bits per heavy atom. The van der Waals surface area contributed by atoms with Gasteiger partial charge in [0.1, 0.15) is 6.10 Å². The number of aliphatic hydroxyl groups is 1. The number of esters is 1. The van der Waals surface area contributed by atoms with E-state index in [0.717, 1.165) is 22.8 Å². The molecule has 7 rings (SSSR count). The van der Waals surface area contributed by atoms with Crippen LogP contribution in [-0.4, -0.2) is 107 Å². The Morgan fingerprint density at radius 2 is 1.96 bits per heavy atom. The molecule has 5 atom stereocenters. The number of tetrazole rings is 1. The number of halogens is 3. The van der Waals surface area contributed by atoms with Crippen LogP contribution in [0.25, 0.3) is 21.9 Å². The zero-order chi connectivity index (χ0) is 34.4. The van der Waals surface area contributed by atoms with Crippen LogP contribution < -0.4 is 10.2 Å². The topological polar surface area (TPSA) is 161 Å². The van der Waals surface area contributed by atoms with Crippen molar-refractivity contribution in [1.82, 2.24) is 44.6 Å². The van der Waals surface area contributed by atoms with Gasteiger partial charge in [0, 0.05) is 25.7 Å². The minimum atomic E-state index is -5.32. The van der Waals surface area contributed by atoms with Crippen molar-refractivity contribution in [3.05, 3.63) is 60.2 Å². The predicted octanol–water partition coefficient (Wildman–Crippen LogP) is 2.84. The molecule has 0 aliphatic carbocycles. The Bertz CT molecular complexity index is 1980. The summed E-state index contributed by atoms with van der Waals surface area (Å²) in [6.07, 6.45) is -9.63. The van der Waals surface area contributed by atoms with Gasteiger partial charge in [-0.15, -0.1) is 10.2 Å². The maximum absolute atomic E-state index is 13.4. The summed E-state index contributed by atoms with van der Waals surface area (Å²) < 4.78 is 52.5. The van der Waals surface area contributed by atoms with Crippen LogP contribution in [0, 0.1) is 0 Å². The highest BCUT2D eigenvalue weighted by atomic mass is 19.4. The molecule has 0 spiro atoms. The molecule has 0 amide bonds. The van der Waals surface area contributed by atoms with E-state index in [0.29, 0.717) is 43.5 Å². The Labute approximate surface area is 277 Å². The third-order valence-electron chi connectivity index (χ3n) is 8.88. The second kappa shape index (κ2) is 12.8. The molecule has 2 fully saturated rings. The number of benzene rings is 2. The normalized spacial score (nSPS) is 22.9. The van der Waals surface area contributed by atoms with Crippen molar-refractivity contribution in [3.63, 3.8) is 0 Å². The van der Waals surface area contributed by atoms with Gasteiger partial charge >= 0.3 is 12.1 Å². The van der Waals surface area contributed by atoms with Crippen molar-refractivity contribution >= 4 is 39.7 Å². The molecule has 5 heterocycles. The van der Waals surface area contributed by atoms with E-state index in [4.69, 9.17) is 19.4 Å². The number of hydrogen-bond donors (Lipinski definition) is 2. The van der Waals surface area contributed by atoms with E-state index in [2.05, 4.69) is 30.6 Å². The van der Waals surface area contributed by atoms with Gasteiger partial charge in [0.05, 0.1) is 12.9 Å². The molecule has 5 aromatic rings. The molecule has 258 valence electrons. The number of nitrogens with zero attached hydrogens (tertiary/aromatic N) is 10. The lowest BCUT2D eigenvalue weighted by molar-refractivity contribution is -0.211. The first-order chi connectivity index (χ1) is 23.5. The van der Waals surface area contributed by atoms with Crippen LogP contribution in [0.3, 0.4) is 0 Å². The summed E-state index contributed by atoms with van der Waals surface area (Å²) in [7, 11) is 4.00. The van der Waals surface area contributed by atoms with Crippen molar-refractivity contribution in [2.45, 2.75) is 63.2 Å². The molecular formula is C31H34F3N11O4. The molecule has 3 aromatic heterocycles. The smallest absolute Gasteiger partial charge is 0.448 e. The Hall–Kier alpha value is -4.94. The number of hydrogen-bond acceptors (Lipinski definition) is 13. The van der Waals surface area contributed by atoms with Crippen LogP contribution in [0.4, 0.5) is 24.9 Å². The first-order valence-corrected chi connectivity index (χ1v) is 15.8. The minimum absolute atomic E-state index is 0.0890. The van der Waals surface area contributed by atoms with Crippen LogP contribution in [0.15, 0.2) is 48.8 Å². The maximum Gasteiger partial charge on any atom is 0.490 e. The van der Waals surface area contributed by atoms with Gasteiger partial charge in [0.2, 0.25) is 11.8 Å². The third-order valence-corrected chi connectivity index (χ3v) is 8.88. The highest BCUT2D eigenvalue weighted by molar-refractivity contribution is 5.87. The number of ether oxygens (including phenoxy) is 2. The van der Waals surface area contributed by atoms with E-state index in [1.165, 1.54) is 15.7 Å². The molecule has 0 radical (unpaired) electrons. The number of carbonyl (C=O) groups is 1. The van der Waals surface area contributed by atoms with Crippen LogP contribution in [-0.2, 0) is 27.4 Å². The number of anilines is 2. The molecule has 15 nitrogen and oxygen atoms in total. The zero-order valence-electron chi connectivity index (χ0n) is 26.8. The predicted molar refractivity (Wildman–Crippen MR) is 169 cm³/mol. The monoisotopic (exact) mass is 681 g/mol. The molecule has 2 aromatic carbocycles. The fourth-order valence-corrected chi connectivity index (χ4v) is 6.23. The van der Waals surface area contributed by atoms with Gasteiger partial charge in [-0.3, -0.25) is 4.57 Å². The van der Waals surface area contributed by atoms with Crippen molar-refractivity contribution in [2.24, 2.45) is 0 Å². The standard InChI is InChI=1S/C31H34F3N11O4/c1-4-45-40-26(39-41-45)23-22(46)24(49-29(47)31(32,33)34)28(48-23)44-16-36-21-25(35-14-18-10-7-9-17-8-5-6-11-20(17)18)37-30(38-27(21)44)43-13-12-19(15-43)42(2)3/h5-11,16,19,22-24,28,46H,4,12-15H2,1-3H3,(H,35,37,38)/t19-,22-,23+,24-,28-/m1/s1. The van der Waals surface area contributed by atoms with Crippen LogP contribution in [0.5, 0.6) is 0 Å². The number of likely N-dealkylation sites (N-methyl/N-ethyl adjacent to an activating group) is 1. The Morgan fingerprint density at radius 3 is 2.69 bits per heavy atom. The highest BCUT2D eigenvalue weighted by Crippen LogP contribution is 2.42. The maximum atomic E-state index is 13.4. The summed E-state index contributed by atoms with van der Waals surface area (Å²) in [5, 5.41) is 28.7. The lowest BCUT2D eigenvalue weighted by atomic mass is 10.0. The van der Waals surface area contributed by atoms with E-state index < -0.39 is 36.7 Å².